The molecule has 0 spiro atoms. The van der Waals surface area contributed by atoms with E-state index in [1.165, 1.54) is 17.2 Å². The summed E-state index contributed by atoms with van der Waals surface area (Å²) < 4.78 is 54.5. The Balaban J connectivity index is 1.21. The predicted molar refractivity (Wildman–Crippen MR) is 243 cm³/mol. The van der Waals surface area contributed by atoms with Crippen LogP contribution in [0.4, 0.5) is 5.82 Å². The summed E-state index contributed by atoms with van der Waals surface area (Å²) in [7, 11) is -5.71. The van der Waals surface area contributed by atoms with E-state index in [1.807, 2.05) is 0 Å². The van der Waals surface area contributed by atoms with Crippen LogP contribution in [-0.4, -0.2) is 109 Å². The van der Waals surface area contributed by atoms with Gasteiger partial charge < -0.3 is 33.5 Å². The smallest absolute Gasteiger partial charge is 0.408 e. The van der Waals surface area contributed by atoms with E-state index in [9.17, 15) is 24.2 Å². The van der Waals surface area contributed by atoms with Gasteiger partial charge in [-0.1, -0.05) is 57.2 Å². The fourth-order valence-electron chi connectivity index (χ4n) is 7.74. The number of hydrogen-bond acceptors (Lipinski definition) is 17. The number of aryl methyl sites for hydroxylation is 1. The number of aliphatic hydroxyl groups is 1. The number of hydrogen-bond donors (Lipinski definition) is 3. The summed E-state index contributed by atoms with van der Waals surface area (Å²) in [5, 5.41) is 13.3. The lowest BCUT2D eigenvalue weighted by Gasteiger charge is -2.41. The largest absolute Gasteiger partial charge is 0.695 e. The van der Waals surface area contributed by atoms with E-state index in [-0.39, 0.29) is 42.7 Å². The topological polar surface area (TPSA) is 238 Å². The zero-order chi connectivity index (χ0) is 46.1. The zero-order valence-corrected chi connectivity index (χ0v) is 40.6. The molecule has 1 aliphatic carbocycles. The maximum absolute atomic E-state index is 13.8. The van der Waals surface area contributed by atoms with E-state index in [4.69, 9.17) is 45.6 Å². The third-order valence-corrected chi connectivity index (χ3v) is 20.2. The van der Waals surface area contributed by atoms with Crippen LogP contribution in [0.2, 0.25) is 18.1 Å². The first-order valence-electron chi connectivity index (χ1n) is 20.4. The standard InChI is InChI=1S/C39H49N9O11P2S2Si/c1-22-26(48-35-32(63-38(48)51)33(42-20-44-35)46-36(50)24-12-10-9-11-13-24)16-25(29(22)57-60(52)53)18-55-61(62,54-15-14-40-6)58-31-30(59-64(7,8)39(3,4)5)27(17-49)56-37(31)47-21-45-28-23(2)41-19-43-34(28)47/h9-13,19-22,25-27,29-31,37,49H,14-18H2,1-5,7-8H3,(H-,42,44,46,50,52,53)/p+1/t22-,25+,26+,27+,29-,30+,31+,37+,61?/m0/s1. The van der Waals surface area contributed by atoms with Gasteiger partial charge in [-0.25, -0.2) is 31.5 Å². The number of imidazole rings is 1. The number of nitrogens with zero attached hydrogens (tertiary/aromatic N) is 8. The highest BCUT2D eigenvalue weighted by Gasteiger charge is 2.54. The highest BCUT2D eigenvalue weighted by Crippen LogP contribution is 2.57. The predicted octanol–water partition coefficient (Wildman–Crippen LogP) is 6.33. The van der Waals surface area contributed by atoms with E-state index >= 15 is 0 Å². The third kappa shape index (κ3) is 9.95. The number of nitrogens with one attached hydrogen (secondary N) is 1. The van der Waals surface area contributed by atoms with Crippen LogP contribution in [0.3, 0.4) is 0 Å². The molecular weight excluding hydrogens is 925 g/mol. The van der Waals surface area contributed by atoms with Crippen molar-refractivity contribution in [3.8, 4) is 0 Å². The summed E-state index contributed by atoms with van der Waals surface area (Å²) in [6.45, 7) is 16.6. The average molecular weight is 975 g/mol. The molecule has 5 aromatic rings. The van der Waals surface area contributed by atoms with Gasteiger partial charge in [0.15, 0.2) is 31.7 Å². The summed E-state index contributed by atoms with van der Waals surface area (Å²) in [6.07, 6.45) is -0.376. The third-order valence-electron chi connectivity index (χ3n) is 12.0. The molecule has 342 valence electrons. The number of amides is 1. The minimum absolute atomic E-state index is 0.0652. The van der Waals surface area contributed by atoms with Gasteiger partial charge in [-0.05, 0) is 55.4 Å². The maximum Gasteiger partial charge on any atom is 0.695 e. The van der Waals surface area contributed by atoms with Crippen LogP contribution < -0.4 is 10.2 Å². The van der Waals surface area contributed by atoms with E-state index in [2.05, 4.69) is 68.9 Å². The minimum atomic E-state index is -3.92. The number of thiazole rings is 1. The van der Waals surface area contributed by atoms with E-state index in [0.717, 1.165) is 11.3 Å². The van der Waals surface area contributed by atoms with Crippen molar-refractivity contribution in [2.75, 3.05) is 31.7 Å². The average Bonchev–Trinajstić information content (AvgIpc) is 3.99. The minimum Gasteiger partial charge on any atom is -0.408 e. The second-order valence-electron chi connectivity index (χ2n) is 17.1. The van der Waals surface area contributed by atoms with Crippen LogP contribution in [0.1, 0.15) is 62.4 Å². The first kappa shape index (κ1) is 48.1. The number of rotatable bonds is 17. The van der Waals surface area contributed by atoms with Gasteiger partial charge in [-0.15, -0.1) is 9.42 Å². The Morgan fingerprint density at radius 1 is 1.11 bits per heavy atom. The van der Waals surface area contributed by atoms with Crippen LogP contribution in [0.15, 0.2) is 54.1 Å². The number of fused-ring (bicyclic) bond motifs is 2. The maximum atomic E-state index is 13.8. The van der Waals surface area contributed by atoms with Crippen LogP contribution in [0.25, 0.3) is 26.4 Å². The van der Waals surface area contributed by atoms with Crippen molar-refractivity contribution in [1.82, 2.24) is 34.1 Å². The molecule has 2 fully saturated rings. The van der Waals surface area contributed by atoms with Gasteiger partial charge in [0.25, 0.3) is 5.91 Å². The second kappa shape index (κ2) is 19.5. The van der Waals surface area contributed by atoms with E-state index in [1.54, 1.807) is 55.1 Å². The second-order valence-corrected chi connectivity index (χ2v) is 26.4. The monoisotopic (exact) mass is 974 g/mol. The molecule has 1 amide bonds. The Morgan fingerprint density at radius 2 is 1.83 bits per heavy atom. The van der Waals surface area contributed by atoms with Gasteiger partial charge in [-0.2, -0.15) is 0 Å². The molecule has 3 N–H and O–H groups in total. The summed E-state index contributed by atoms with van der Waals surface area (Å²) >= 11 is 7.00. The van der Waals surface area contributed by atoms with Gasteiger partial charge in [0.1, 0.15) is 53.9 Å². The molecule has 25 heteroatoms. The summed E-state index contributed by atoms with van der Waals surface area (Å²) in [6, 6.07) is 7.94. The summed E-state index contributed by atoms with van der Waals surface area (Å²) in [4.78, 5) is 62.0. The molecule has 0 radical (unpaired) electrons. The highest BCUT2D eigenvalue weighted by molar-refractivity contribution is 8.07. The van der Waals surface area contributed by atoms with Crippen molar-refractivity contribution < 1.29 is 46.6 Å². The number of aromatic nitrogens is 7. The molecule has 7 rings (SSSR count). The van der Waals surface area contributed by atoms with Crippen molar-refractivity contribution in [2.24, 2.45) is 11.8 Å². The molecule has 64 heavy (non-hydrogen) atoms. The van der Waals surface area contributed by atoms with Crippen molar-refractivity contribution >= 4 is 79.7 Å². The molecule has 1 aliphatic heterocycles. The van der Waals surface area contributed by atoms with Gasteiger partial charge in [0, 0.05) is 28.0 Å². The molecule has 20 nitrogen and oxygen atoms in total. The van der Waals surface area contributed by atoms with Crippen molar-refractivity contribution in [3.05, 3.63) is 81.7 Å². The van der Waals surface area contributed by atoms with Gasteiger partial charge in [0.2, 0.25) is 6.54 Å². The molecule has 0 bridgehead atoms. The fraction of sp³-hybridized carbons (Fsp3) is 0.538. The first-order chi connectivity index (χ1) is 30.4. The molecule has 1 saturated carbocycles. The van der Waals surface area contributed by atoms with Crippen molar-refractivity contribution in [1.29, 1.82) is 0 Å². The molecule has 2 aliphatic rings. The first-order valence-corrected chi connectivity index (χ1v) is 27.8. The Morgan fingerprint density at radius 3 is 2.52 bits per heavy atom. The van der Waals surface area contributed by atoms with Crippen LogP contribution in [0, 0.1) is 25.3 Å². The number of aliphatic hydroxyl groups excluding tert-OH is 1. The van der Waals surface area contributed by atoms with Crippen LogP contribution in [0.5, 0.6) is 0 Å². The number of ether oxygens (including phenoxy) is 1. The van der Waals surface area contributed by atoms with E-state index < -0.39 is 89.2 Å². The Hall–Kier alpha value is -3.85. The molecule has 4 aromatic heterocycles. The van der Waals surface area contributed by atoms with Gasteiger partial charge >= 0.3 is 19.8 Å². The van der Waals surface area contributed by atoms with Crippen molar-refractivity contribution in [2.45, 2.75) is 95.9 Å². The number of carbonyl (C=O) groups is 1. The Labute approximate surface area is 379 Å². The molecule has 2 unspecified atom stereocenters. The van der Waals surface area contributed by atoms with Gasteiger partial charge in [0.05, 0.1) is 25.2 Å². The van der Waals surface area contributed by atoms with Gasteiger partial charge in [-0.3, -0.25) is 23.2 Å². The molecule has 10 atom stereocenters. The quantitative estimate of drug-likeness (QED) is 0.0399. The van der Waals surface area contributed by atoms with E-state index in [0.29, 0.717) is 27.1 Å². The molecule has 1 saturated heterocycles. The lowest BCUT2D eigenvalue weighted by molar-refractivity contribution is -0.0502. The highest BCUT2D eigenvalue weighted by atomic mass is 32.5. The fourth-order valence-corrected chi connectivity index (χ4v) is 12.7. The summed E-state index contributed by atoms with van der Waals surface area (Å²) in [5.74, 6) is -1.46. The molecule has 5 heterocycles. The normalized spacial score (nSPS) is 25.1. The number of benzene rings is 1. The number of carbonyl (C=O) groups excluding carboxylic acids is 1. The lowest BCUT2D eigenvalue weighted by atomic mass is 10.0. The molecule has 1 aromatic carbocycles. The SMILES string of the molecule is [C-]#[N+]CCOP(=S)(OC[C@H]1C[C@@H](n2c(=O)sc3c(NC(=O)c4ccccc4)ncnc32)[C@H](C)[C@@H]1O[P+](=O)O)O[C@@H]1[C@H](O[Si](C)(C)C(C)(C)C)[C@@H](CO)O[C@H]1n1cnc2c(C)ncnc21. The van der Waals surface area contributed by atoms with Crippen LogP contribution in [-0.2, 0) is 43.6 Å². The zero-order valence-electron chi connectivity index (χ0n) is 36.1. The Kier molecular flexibility index (Phi) is 14.7. The lowest BCUT2D eigenvalue weighted by Crippen LogP contribution is -2.50. The molecular formula is C39H50N9O11P2S2Si+. The van der Waals surface area contributed by atoms with Crippen LogP contribution >= 0.6 is 26.3 Å². The summed E-state index contributed by atoms with van der Waals surface area (Å²) in [5.41, 5.74) is 2.26. The Bertz CT molecular complexity index is 2660. The number of anilines is 1. The van der Waals surface area contributed by atoms with Crippen molar-refractivity contribution in [3.63, 3.8) is 0 Å².